The highest BCUT2D eigenvalue weighted by atomic mass is 32.2. The molecule has 4 heteroatoms. The van der Waals surface area contributed by atoms with E-state index in [1.807, 2.05) is 24.2 Å². The number of nitrogens with two attached hydrogens (primary N) is 1. The maximum absolute atomic E-state index is 10.9. The van der Waals surface area contributed by atoms with Gasteiger partial charge in [0.1, 0.15) is 0 Å². The molecular formula is C15H25N2OS+. The molecule has 0 aliphatic carbocycles. The number of hydrogen-bond donors (Lipinski definition) is 1. The molecule has 0 aromatic carbocycles. The number of rotatable bonds is 10. The maximum Gasteiger partial charge on any atom is 0.249 e. The average Bonchev–Trinajstić information content (AvgIpc) is 2.42. The first-order valence-corrected chi connectivity index (χ1v) is 8.26. The minimum absolute atomic E-state index is 0.369. The molecule has 106 valence electrons. The summed E-state index contributed by atoms with van der Waals surface area (Å²) in [6.07, 6.45) is 11.9. The lowest BCUT2D eigenvalue weighted by Crippen LogP contribution is -2.31. The molecule has 0 saturated heterocycles. The van der Waals surface area contributed by atoms with Crippen LogP contribution in [0.3, 0.4) is 0 Å². The Morgan fingerprint density at radius 1 is 1.16 bits per heavy atom. The smallest absolute Gasteiger partial charge is 0.249 e. The van der Waals surface area contributed by atoms with E-state index in [1.165, 1.54) is 44.3 Å². The van der Waals surface area contributed by atoms with E-state index in [1.54, 1.807) is 12.1 Å². The van der Waals surface area contributed by atoms with Gasteiger partial charge in [0.05, 0.1) is 5.56 Å². The summed E-state index contributed by atoms with van der Waals surface area (Å²) in [6.45, 7) is 2.25. The van der Waals surface area contributed by atoms with Crippen LogP contribution in [-0.4, -0.2) is 11.7 Å². The first kappa shape index (κ1) is 16.0. The van der Waals surface area contributed by atoms with Crippen LogP contribution in [0.25, 0.3) is 0 Å². The fraction of sp³-hybridized carbons (Fsp3) is 0.600. The molecule has 0 fully saturated rings. The Hall–Kier alpha value is -1.03. The topological polar surface area (TPSA) is 47.0 Å². The van der Waals surface area contributed by atoms with E-state index in [0.29, 0.717) is 5.56 Å². The van der Waals surface area contributed by atoms with Crippen LogP contribution in [0, 0.1) is 0 Å². The fourth-order valence-corrected chi connectivity index (χ4v) is 2.78. The summed E-state index contributed by atoms with van der Waals surface area (Å²) >= 11 is 1.93. The van der Waals surface area contributed by atoms with E-state index >= 15 is 0 Å². The summed E-state index contributed by atoms with van der Waals surface area (Å²) in [7, 11) is 0. The number of carbonyl (C=O) groups is 1. The van der Waals surface area contributed by atoms with Gasteiger partial charge in [0.25, 0.3) is 0 Å². The van der Waals surface area contributed by atoms with Crippen molar-refractivity contribution < 1.29 is 9.36 Å². The zero-order valence-corrected chi connectivity index (χ0v) is 12.6. The molecule has 1 amide bonds. The Morgan fingerprint density at radius 3 is 2.42 bits per heavy atom. The van der Waals surface area contributed by atoms with E-state index in [-0.39, 0.29) is 5.91 Å². The average molecular weight is 281 g/mol. The molecule has 1 aromatic heterocycles. The van der Waals surface area contributed by atoms with E-state index in [2.05, 4.69) is 11.5 Å². The largest absolute Gasteiger partial charge is 0.366 e. The number of nitrogens with zero attached hydrogens (tertiary/aromatic N) is 1. The number of amides is 1. The van der Waals surface area contributed by atoms with Crippen molar-refractivity contribution in [3.8, 4) is 0 Å². The quantitative estimate of drug-likeness (QED) is 0.529. The van der Waals surface area contributed by atoms with Crippen molar-refractivity contribution in [2.75, 3.05) is 5.75 Å². The molecular weight excluding hydrogens is 256 g/mol. The molecule has 0 aliphatic heterocycles. The Kier molecular flexibility index (Phi) is 8.30. The van der Waals surface area contributed by atoms with Crippen LogP contribution in [0.1, 0.15) is 55.8 Å². The van der Waals surface area contributed by atoms with Crippen LogP contribution >= 0.6 is 11.8 Å². The monoisotopic (exact) mass is 281 g/mol. The number of primary amides is 1. The van der Waals surface area contributed by atoms with E-state index in [4.69, 9.17) is 5.73 Å². The zero-order valence-electron chi connectivity index (χ0n) is 11.8. The molecule has 0 saturated carbocycles. The molecule has 3 nitrogen and oxygen atoms in total. The summed E-state index contributed by atoms with van der Waals surface area (Å²) in [4.78, 5) is 10.9. The maximum atomic E-state index is 10.9. The molecule has 1 heterocycles. The number of thioether (sulfide) groups is 1. The summed E-state index contributed by atoms with van der Waals surface area (Å²) < 4.78 is 2.08. The Balaban J connectivity index is 2.07. The normalized spacial score (nSPS) is 10.6. The second-order valence-corrected chi connectivity index (χ2v) is 5.85. The van der Waals surface area contributed by atoms with Crippen molar-refractivity contribution >= 4 is 17.7 Å². The molecule has 0 aliphatic rings. The van der Waals surface area contributed by atoms with Gasteiger partial charge in [0.15, 0.2) is 18.3 Å². The Morgan fingerprint density at radius 2 is 1.79 bits per heavy atom. The molecule has 0 atom stereocenters. The van der Waals surface area contributed by atoms with Gasteiger partial charge in [0, 0.05) is 12.1 Å². The van der Waals surface area contributed by atoms with Gasteiger partial charge in [-0.1, -0.05) is 50.8 Å². The number of unbranched alkanes of at least 4 members (excludes halogenated alkanes) is 5. The van der Waals surface area contributed by atoms with Crippen molar-refractivity contribution in [1.82, 2.24) is 0 Å². The van der Waals surface area contributed by atoms with Crippen LogP contribution in [0.2, 0.25) is 0 Å². The van der Waals surface area contributed by atoms with Crippen LogP contribution in [0.15, 0.2) is 24.5 Å². The molecule has 0 spiro atoms. The summed E-state index contributed by atoms with van der Waals surface area (Å²) in [5.41, 5.74) is 5.77. The zero-order chi connectivity index (χ0) is 13.9. The predicted octanol–water partition coefficient (Wildman–Crippen LogP) is 3.12. The first-order chi connectivity index (χ1) is 9.24. The SMILES string of the molecule is CCCCCCCCSC[n+]1ccc(C(N)=O)cc1. The van der Waals surface area contributed by atoms with Crippen LogP contribution in [0.4, 0.5) is 0 Å². The van der Waals surface area contributed by atoms with Gasteiger partial charge in [-0.2, -0.15) is 4.57 Å². The summed E-state index contributed by atoms with van der Waals surface area (Å²) in [5, 5.41) is 0. The van der Waals surface area contributed by atoms with Crippen LogP contribution in [0.5, 0.6) is 0 Å². The van der Waals surface area contributed by atoms with Crippen LogP contribution < -0.4 is 10.3 Å². The molecule has 1 aromatic rings. The third kappa shape index (κ3) is 7.21. The Labute approximate surface area is 120 Å². The van der Waals surface area contributed by atoms with Gasteiger partial charge < -0.3 is 5.73 Å². The van der Waals surface area contributed by atoms with Crippen molar-refractivity contribution in [2.24, 2.45) is 5.73 Å². The van der Waals surface area contributed by atoms with Gasteiger partial charge >= 0.3 is 0 Å². The number of pyridine rings is 1. The van der Waals surface area contributed by atoms with Gasteiger partial charge in [0.2, 0.25) is 5.91 Å². The first-order valence-electron chi connectivity index (χ1n) is 7.10. The molecule has 0 radical (unpaired) electrons. The number of hydrogen-bond acceptors (Lipinski definition) is 2. The predicted molar refractivity (Wildman–Crippen MR) is 81.0 cm³/mol. The second kappa shape index (κ2) is 9.84. The van der Waals surface area contributed by atoms with Gasteiger partial charge in [-0.25, -0.2) is 0 Å². The molecule has 0 bridgehead atoms. The molecule has 1 rings (SSSR count). The molecule has 2 N–H and O–H groups in total. The number of carbonyl (C=O) groups excluding carboxylic acids is 1. The number of aromatic nitrogens is 1. The highest BCUT2D eigenvalue weighted by Gasteiger charge is 2.04. The minimum atomic E-state index is -0.369. The minimum Gasteiger partial charge on any atom is -0.366 e. The second-order valence-electron chi connectivity index (χ2n) is 4.77. The van der Waals surface area contributed by atoms with Gasteiger partial charge in [-0.3, -0.25) is 4.79 Å². The fourth-order valence-electron chi connectivity index (χ4n) is 1.86. The van der Waals surface area contributed by atoms with E-state index in [9.17, 15) is 4.79 Å². The third-order valence-corrected chi connectivity index (χ3v) is 4.12. The van der Waals surface area contributed by atoms with Crippen LogP contribution in [-0.2, 0) is 5.88 Å². The highest BCUT2D eigenvalue weighted by molar-refractivity contribution is 7.98. The standard InChI is InChI=1S/C15H24N2OS/c1-2-3-4-5-6-7-12-19-13-17-10-8-14(9-11-17)15(16)18/h8-11H,2-7,12-13H2,1H3,(H-,16,18)/p+1. The Bertz CT molecular complexity index is 365. The van der Waals surface area contributed by atoms with E-state index < -0.39 is 0 Å². The lowest BCUT2D eigenvalue weighted by molar-refractivity contribution is -0.675. The lowest BCUT2D eigenvalue weighted by atomic mass is 10.1. The summed E-state index contributed by atoms with van der Waals surface area (Å²) in [5.74, 6) is 1.77. The van der Waals surface area contributed by atoms with Crippen molar-refractivity contribution in [3.05, 3.63) is 30.1 Å². The summed E-state index contributed by atoms with van der Waals surface area (Å²) in [6, 6.07) is 3.54. The molecule has 19 heavy (non-hydrogen) atoms. The van der Waals surface area contributed by atoms with E-state index in [0.717, 1.165) is 5.88 Å². The highest BCUT2D eigenvalue weighted by Crippen LogP contribution is 2.09. The van der Waals surface area contributed by atoms with Crippen molar-refractivity contribution in [1.29, 1.82) is 0 Å². The van der Waals surface area contributed by atoms with Crippen molar-refractivity contribution in [3.63, 3.8) is 0 Å². The molecule has 0 unspecified atom stereocenters. The van der Waals surface area contributed by atoms with Gasteiger partial charge in [-0.15, -0.1) is 0 Å². The lowest BCUT2D eigenvalue weighted by Gasteiger charge is -2.00. The van der Waals surface area contributed by atoms with Crippen molar-refractivity contribution in [2.45, 2.75) is 51.3 Å². The third-order valence-electron chi connectivity index (χ3n) is 3.06. The van der Waals surface area contributed by atoms with Gasteiger partial charge in [-0.05, 0) is 12.2 Å².